The monoisotopic (exact) mass is 397 g/mol. The zero-order valence-electron chi connectivity index (χ0n) is 16.1. The first kappa shape index (κ1) is 19.1. The smallest absolute Gasteiger partial charge is 0.407 e. The number of hydrogen-bond acceptors (Lipinski definition) is 8. The van der Waals surface area contributed by atoms with E-state index < -0.39 is 0 Å². The average Bonchev–Trinajstić information content (AvgIpc) is 3.44. The van der Waals surface area contributed by atoms with Gasteiger partial charge in [0.1, 0.15) is 18.0 Å². The van der Waals surface area contributed by atoms with Crippen LogP contribution in [0, 0.1) is 11.3 Å². The molecule has 2 aromatic rings. The molecule has 1 saturated carbocycles. The minimum atomic E-state index is -0.380. The summed E-state index contributed by atoms with van der Waals surface area (Å²) in [6, 6.07) is 3.85. The van der Waals surface area contributed by atoms with Crippen LogP contribution in [0.1, 0.15) is 49.9 Å². The molecule has 2 aromatic heterocycles. The van der Waals surface area contributed by atoms with E-state index in [0.717, 1.165) is 31.4 Å². The van der Waals surface area contributed by atoms with E-state index in [2.05, 4.69) is 30.8 Å². The number of nitrogens with one attached hydrogen (secondary N) is 3. The lowest BCUT2D eigenvalue weighted by Gasteiger charge is -2.24. The molecular weight excluding hydrogens is 374 g/mol. The Balaban J connectivity index is 1.29. The molecule has 29 heavy (non-hydrogen) atoms. The summed E-state index contributed by atoms with van der Waals surface area (Å²) in [5, 5.41) is 22.1. The number of aromatic nitrogens is 4. The summed E-state index contributed by atoms with van der Waals surface area (Å²) >= 11 is 0. The minimum absolute atomic E-state index is 0.116. The average molecular weight is 397 g/mol. The van der Waals surface area contributed by atoms with Gasteiger partial charge in [-0.3, -0.25) is 5.10 Å². The number of H-pyrrole nitrogens is 1. The van der Waals surface area contributed by atoms with E-state index in [1.165, 1.54) is 12.4 Å². The molecular formula is C19H23N7O3. The van der Waals surface area contributed by atoms with Crippen molar-refractivity contribution in [2.24, 2.45) is 0 Å². The van der Waals surface area contributed by atoms with E-state index in [-0.39, 0.29) is 29.3 Å². The van der Waals surface area contributed by atoms with Crippen LogP contribution in [-0.4, -0.2) is 51.1 Å². The fourth-order valence-electron chi connectivity index (χ4n) is 3.71. The highest BCUT2D eigenvalue weighted by Crippen LogP contribution is 2.36. The van der Waals surface area contributed by atoms with E-state index in [0.29, 0.717) is 24.8 Å². The Kier molecular flexibility index (Phi) is 5.31. The summed E-state index contributed by atoms with van der Waals surface area (Å²) in [7, 11) is 0. The maximum atomic E-state index is 12.2. The summed E-state index contributed by atoms with van der Waals surface area (Å²) in [5.41, 5.74) is 0.901. The molecule has 2 fully saturated rings. The molecule has 1 aliphatic carbocycles. The van der Waals surface area contributed by atoms with Crippen LogP contribution in [0.2, 0.25) is 0 Å². The summed E-state index contributed by atoms with van der Waals surface area (Å²) in [4.78, 5) is 20.3. The number of nitriles is 1. The van der Waals surface area contributed by atoms with Crippen LogP contribution < -0.4 is 10.6 Å². The first-order chi connectivity index (χ1) is 14.0. The molecule has 0 radical (unpaired) electrons. The van der Waals surface area contributed by atoms with E-state index in [9.17, 15) is 4.79 Å². The maximum Gasteiger partial charge on any atom is 0.407 e. The number of ether oxygens (including phenoxy) is 2. The maximum absolute atomic E-state index is 12.2. The van der Waals surface area contributed by atoms with Crippen LogP contribution in [0.4, 0.5) is 16.4 Å². The molecule has 10 heteroatoms. The third-order valence-corrected chi connectivity index (χ3v) is 5.34. The number of amides is 1. The predicted octanol–water partition coefficient (Wildman–Crippen LogP) is 2.36. The summed E-state index contributed by atoms with van der Waals surface area (Å²) in [6.45, 7) is 3.14. The fourth-order valence-corrected chi connectivity index (χ4v) is 3.71. The molecule has 1 aliphatic heterocycles. The molecule has 0 aromatic carbocycles. The number of anilines is 2. The molecule has 3 heterocycles. The Hall–Kier alpha value is -3.19. The lowest BCUT2D eigenvalue weighted by molar-refractivity contribution is 0.0883. The molecule has 1 saturated heterocycles. The molecule has 152 valence electrons. The van der Waals surface area contributed by atoms with Crippen molar-refractivity contribution < 1.29 is 14.3 Å². The lowest BCUT2D eigenvalue weighted by atomic mass is 10.0. The zero-order chi connectivity index (χ0) is 20.3. The summed E-state index contributed by atoms with van der Waals surface area (Å²) < 4.78 is 11.0. The first-order valence-corrected chi connectivity index (χ1v) is 9.64. The van der Waals surface area contributed by atoms with Gasteiger partial charge in [0.2, 0.25) is 0 Å². The van der Waals surface area contributed by atoms with Gasteiger partial charge in [-0.2, -0.15) is 10.4 Å². The second-order valence-corrected chi connectivity index (χ2v) is 7.76. The molecule has 3 N–H and O–H groups in total. The van der Waals surface area contributed by atoms with Crippen molar-refractivity contribution in [3.05, 3.63) is 29.8 Å². The molecule has 4 rings (SSSR count). The van der Waals surface area contributed by atoms with Gasteiger partial charge in [0.05, 0.1) is 24.5 Å². The van der Waals surface area contributed by atoms with Crippen molar-refractivity contribution in [1.82, 2.24) is 25.5 Å². The Labute approximate surface area is 168 Å². The van der Waals surface area contributed by atoms with Gasteiger partial charge in [-0.05, 0) is 32.6 Å². The number of alkyl carbamates (subject to hydrolysis) is 1. The van der Waals surface area contributed by atoms with Crippen LogP contribution >= 0.6 is 0 Å². The van der Waals surface area contributed by atoms with Gasteiger partial charge in [0.25, 0.3) is 0 Å². The highest BCUT2D eigenvalue weighted by Gasteiger charge is 2.34. The van der Waals surface area contributed by atoms with Crippen LogP contribution in [0.3, 0.4) is 0 Å². The Bertz CT molecular complexity index is 899. The van der Waals surface area contributed by atoms with Crippen molar-refractivity contribution in [3.8, 4) is 6.07 Å². The van der Waals surface area contributed by atoms with Crippen molar-refractivity contribution >= 4 is 17.7 Å². The fraction of sp³-hybridized carbons (Fsp3) is 0.526. The summed E-state index contributed by atoms with van der Waals surface area (Å²) in [5.74, 6) is 1.37. The molecule has 0 bridgehead atoms. The third kappa shape index (κ3) is 4.63. The van der Waals surface area contributed by atoms with Crippen LogP contribution in [0.5, 0.6) is 0 Å². The van der Waals surface area contributed by atoms with Gasteiger partial charge >= 0.3 is 6.09 Å². The lowest BCUT2D eigenvalue weighted by Crippen LogP contribution is -2.47. The molecule has 2 aliphatic rings. The van der Waals surface area contributed by atoms with E-state index in [4.69, 9.17) is 14.7 Å². The molecule has 10 nitrogen and oxygen atoms in total. The summed E-state index contributed by atoms with van der Waals surface area (Å²) in [6.07, 6.45) is 5.66. The number of nitrogens with zero attached hydrogens (tertiary/aromatic N) is 4. The van der Waals surface area contributed by atoms with Gasteiger partial charge in [0, 0.05) is 24.3 Å². The van der Waals surface area contributed by atoms with Crippen molar-refractivity contribution in [2.45, 2.75) is 50.2 Å². The topological polar surface area (TPSA) is 138 Å². The molecule has 0 spiro atoms. The highest BCUT2D eigenvalue weighted by atomic mass is 16.6. The molecule has 1 amide bonds. The van der Waals surface area contributed by atoms with Gasteiger partial charge in [-0.1, -0.05) is 0 Å². The van der Waals surface area contributed by atoms with E-state index in [1.807, 2.05) is 19.1 Å². The van der Waals surface area contributed by atoms with Gasteiger partial charge in [-0.25, -0.2) is 14.8 Å². The second-order valence-electron chi connectivity index (χ2n) is 7.76. The third-order valence-electron chi connectivity index (χ3n) is 5.34. The zero-order valence-corrected chi connectivity index (χ0v) is 16.1. The normalized spacial score (nSPS) is 26.1. The number of aromatic amines is 1. The number of rotatable bonds is 5. The highest BCUT2D eigenvalue weighted by molar-refractivity contribution is 5.68. The Morgan fingerprint density at radius 1 is 1.38 bits per heavy atom. The van der Waals surface area contributed by atoms with Crippen molar-refractivity contribution in [3.63, 3.8) is 0 Å². The van der Waals surface area contributed by atoms with Gasteiger partial charge in [0.15, 0.2) is 11.5 Å². The van der Waals surface area contributed by atoms with Crippen LogP contribution in [-0.2, 0) is 9.47 Å². The van der Waals surface area contributed by atoms with E-state index in [1.54, 1.807) is 0 Å². The van der Waals surface area contributed by atoms with Crippen molar-refractivity contribution in [1.29, 1.82) is 5.26 Å². The number of carbonyl (C=O) groups excluding carboxylic acids is 1. The molecule has 3 atom stereocenters. The minimum Gasteiger partial charge on any atom is -0.446 e. The van der Waals surface area contributed by atoms with Crippen LogP contribution in [0.15, 0.2) is 18.5 Å². The van der Waals surface area contributed by atoms with Gasteiger partial charge < -0.3 is 20.1 Å². The number of carbonyl (C=O) groups is 1. The Morgan fingerprint density at radius 3 is 3.00 bits per heavy atom. The predicted molar refractivity (Wildman–Crippen MR) is 102 cm³/mol. The Morgan fingerprint density at radius 2 is 2.28 bits per heavy atom. The SMILES string of the molecule is CC1(NC(=O)O[C@@H]2CC[C@H](c3cc(Nc4cnc(C#N)cn4)n[nH]3)C2)CCOC1. The van der Waals surface area contributed by atoms with Crippen molar-refractivity contribution in [2.75, 3.05) is 18.5 Å². The largest absolute Gasteiger partial charge is 0.446 e. The number of hydrogen-bond donors (Lipinski definition) is 3. The van der Waals surface area contributed by atoms with E-state index >= 15 is 0 Å². The first-order valence-electron chi connectivity index (χ1n) is 9.64. The standard InChI is InChI=1S/C19H23N7O3/c1-19(4-5-28-11-19)24-18(27)29-14-3-2-12(6-14)15-7-16(26-25-15)23-17-10-21-13(8-20)9-22-17/h7,9-10,12,14H,2-6,11H2,1H3,(H,24,27)(H2,22,23,25,26)/t12-,14+,19?/m0/s1. The quantitative estimate of drug-likeness (QED) is 0.699. The van der Waals surface area contributed by atoms with Gasteiger partial charge in [-0.15, -0.1) is 0 Å². The molecule has 1 unspecified atom stereocenters. The van der Waals surface area contributed by atoms with Crippen LogP contribution in [0.25, 0.3) is 0 Å². The second kappa shape index (κ2) is 8.05.